The van der Waals surface area contributed by atoms with Crippen molar-refractivity contribution >= 4 is 45.5 Å². The summed E-state index contributed by atoms with van der Waals surface area (Å²) in [5.74, 6) is 0.946. The van der Waals surface area contributed by atoms with E-state index < -0.39 is 0 Å². The Labute approximate surface area is 198 Å². The van der Waals surface area contributed by atoms with Gasteiger partial charge in [-0.1, -0.05) is 59.6 Å². The van der Waals surface area contributed by atoms with Gasteiger partial charge in [-0.3, -0.25) is 0 Å². The average Bonchev–Trinajstić information content (AvgIpc) is 2.82. The maximum atomic E-state index is 6.22. The van der Waals surface area contributed by atoms with E-state index in [0.29, 0.717) is 10.0 Å². The monoisotopic (exact) mass is 462 g/mol. The summed E-state index contributed by atoms with van der Waals surface area (Å²) in [5, 5.41) is 12.8. The number of rotatable bonds is 3. The molecule has 5 rings (SSSR count). The highest BCUT2D eigenvalue weighted by molar-refractivity contribution is 6.42. The molecule has 0 aliphatic carbocycles. The van der Waals surface area contributed by atoms with Crippen molar-refractivity contribution < 1.29 is 0 Å². The van der Waals surface area contributed by atoms with Crippen LogP contribution in [0.25, 0.3) is 22.0 Å². The molecule has 4 nitrogen and oxygen atoms in total. The van der Waals surface area contributed by atoms with Gasteiger partial charge in [0.2, 0.25) is 0 Å². The molecule has 0 unspecified atom stereocenters. The molecule has 1 aromatic heterocycles. The predicted molar refractivity (Wildman–Crippen MR) is 135 cm³/mol. The van der Waals surface area contributed by atoms with Gasteiger partial charge in [0.05, 0.1) is 10.0 Å². The van der Waals surface area contributed by atoms with Crippen molar-refractivity contribution in [3.63, 3.8) is 0 Å². The van der Waals surface area contributed by atoms with Crippen LogP contribution in [0.5, 0.6) is 0 Å². The van der Waals surface area contributed by atoms with Crippen LogP contribution in [-0.4, -0.2) is 36.4 Å². The molecule has 0 bridgehead atoms. The summed E-state index contributed by atoms with van der Waals surface area (Å²) in [5.41, 5.74) is 5.67. The summed E-state index contributed by atoms with van der Waals surface area (Å²) < 4.78 is 0. The Hall–Kier alpha value is -2.82. The van der Waals surface area contributed by atoms with Crippen molar-refractivity contribution in [1.82, 2.24) is 10.2 Å². The van der Waals surface area contributed by atoms with E-state index in [1.165, 1.54) is 11.1 Å². The normalized spacial score (nSPS) is 14.2. The van der Waals surface area contributed by atoms with Gasteiger partial charge in [0, 0.05) is 48.2 Å². The van der Waals surface area contributed by atoms with E-state index in [9.17, 15) is 0 Å². The Morgan fingerprint density at radius 1 is 0.688 bits per heavy atom. The van der Waals surface area contributed by atoms with Gasteiger partial charge >= 0.3 is 0 Å². The molecule has 0 atom stereocenters. The number of benzene rings is 3. The number of fused-ring (bicyclic) bond motifs is 1. The largest absolute Gasteiger partial charge is 0.368 e. The minimum absolute atomic E-state index is 0.583. The van der Waals surface area contributed by atoms with E-state index in [0.717, 1.165) is 59.7 Å². The van der Waals surface area contributed by atoms with Crippen molar-refractivity contribution in [2.75, 3.05) is 36.0 Å². The third kappa shape index (κ3) is 3.89. The van der Waals surface area contributed by atoms with Crippen LogP contribution in [0.3, 0.4) is 0 Å². The lowest BCUT2D eigenvalue weighted by molar-refractivity contribution is 0.646. The average molecular weight is 463 g/mol. The summed E-state index contributed by atoms with van der Waals surface area (Å²) in [6.07, 6.45) is 0. The SMILES string of the molecule is Cc1ccc(-c2nnc(N3CCN(c4ccc(Cl)c(Cl)c4)CC3)c3ccccc23)cc1C. The molecule has 3 aromatic carbocycles. The van der Waals surface area contributed by atoms with Gasteiger partial charge in [0.25, 0.3) is 0 Å². The number of hydrogen-bond acceptors (Lipinski definition) is 4. The Morgan fingerprint density at radius 3 is 2.12 bits per heavy atom. The third-order valence-electron chi connectivity index (χ3n) is 6.30. The summed E-state index contributed by atoms with van der Waals surface area (Å²) in [6.45, 7) is 7.75. The molecule has 0 amide bonds. The molecule has 1 aliphatic rings. The molecule has 0 spiro atoms. The smallest absolute Gasteiger partial charge is 0.159 e. The van der Waals surface area contributed by atoms with E-state index in [-0.39, 0.29) is 0 Å². The van der Waals surface area contributed by atoms with Crippen LogP contribution in [-0.2, 0) is 0 Å². The van der Waals surface area contributed by atoms with E-state index >= 15 is 0 Å². The summed E-state index contributed by atoms with van der Waals surface area (Å²) in [7, 11) is 0. The first-order valence-electron chi connectivity index (χ1n) is 10.8. The first-order valence-corrected chi connectivity index (χ1v) is 11.5. The van der Waals surface area contributed by atoms with Gasteiger partial charge in [-0.2, -0.15) is 0 Å². The fraction of sp³-hybridized carbons (Fsp3) is 0.231. The zero-order valence-corrected chi connectivity index (χ0v) is 19.7. The zero-order chi connectivity index (χ0) is 22.2. The quantitative estimate of drug-likeness (QED) is 0.345. The minimum atomic E-state index is 0.583. The Morgan fingerprint density at radius 2 is 1.41 bits per heavy atom. The van der Waals surface area contributed by atoms with Crippen LogP contribution in [0.2, 0.25) is 10.0 Å². The van der Waals surface area contributed by atoms with Gasteiger partial charge in [-0.05, 0) is 49.2 Å². The first-order chi connectivity index (χ1) is 15.5. The molecular weight excluding hydrogens is 439 g/mol. The van der Waals surface area contributed by atoms with Crippen LogP contribution < -0.4 is 9.80 Å². The van der Waals surface area contributed by atoms with E-state index in [4.69, 9.17) is 28.3 Å². The van der Waals surface area contributed by atoms with E-state index in [1.807, 2.05) is 18.2 Å². The van der Waals surface area contributed by atoms with Crippen molar-refractivity contribution in [2.45, 2.75) is 13.8 Å². The minimum Gasteiger partial charge on any atom is -0.368 e. The highest BCUT2D eigenvalue weighted by Crippen LogP contribution is 2.33. The number of piperazine rings is 1. The second-order valence-electron chi connectivity index (χ2n) is 8.29. The van der Waals surface area contributed by atoms with Crippen LogP contribution >= 0.6 is 23.2 Å². The fourth-order valence-electron chi connectivity index (χ4n) is 4.28. The molecule has 32 heavy (non-hydrogen) atoms. The van der Waals surface area contributed by atoms with Crippen molar-refractivity contribution in [2.24, 2.45) is 0 Å². The maximum Gasteiger partial charge on any atom is 0.159 e. The van der Waals surface area contributed by atoms with Crippen molar-refractivity contribution in [3.05, 3.63) is 81.8 Å². The van der Waals surface area contributed by atoms with Crippen LogP contribution in [0.4, 0.5) is 11.5 Å². The first kappa shape index (κ1) is 21.0. The Bertz CT molecular complexity index is 1300. The van der Waals surface area contributed by atoms with Gasteiger partial charge in [-0.15, -0.1) is 10.2 Å². The summed E-state index contributed by atoms with van der Waals surface area (Å²) >= 11 is 12.3. The highest BCUT2D eigenvalue weighted by atomic mass is 35.5. The maximum absolute atomic E-state index is 6.22. The number of anilines is 2. The number of aromatic nitrogens is 2. The molecule has 162 valence electrons. The molecule has 6 heteroatoms. The van der Waals surface area contributed by atoms with E-state index in [2.05, 4.69) is 71.2 Å². The topological polar surface area (TPSA) is 32.3 Å². The fourth-order valence-corrected chi connectivity index (χ4v) is 4.58. The zero-order valence-electron chi connectivity index (χ0n) is 18.1. The van der Waals surface area contributed by atoms with Gasteiger partial charge in [-0.25, -0.2) is 0 Å². The standard InChI is InChI=1S/C26H24Cl2N4/c1-17-7-8-19(15-18(17)2)25-21-5-3-4-6-22(21)26(30-29-25)32-13-11-31(12-14-32)20-9-10-23(27)24(28)16-20/h3-10,15-16H,11-14H2,1-2H3. The second-order valence-corrected chi connectivity index (χ2v) is 9.10. The number of aryl methyl sites for hydroxylation is 2. The summed E-state index contributed by atoms with van der Waals surface area (Å²) in [4.78, 5) is 4.66. The molecule has 0 saturated carbocycles. The molecule has 0 N–H and O–H groups in total. The van der Waals surface area contributed by atoms with Crippen LogP contribution in [0, 0.1) is 13.8 Å². The lowest BCUT2D eigenvalue weighted by Crippen LogP contribution is -2.47. The van der Waals surface area contributed by atoms with Gasteiger partial charge in [0.1, 0.15) is 5.69 Å². The number of halogens is 2. The van der Waals surface area contributed by atoms with Crippen molar-refractivity contribution in [1.29, 1.82) is 0 Å². The predicted octanol–water partition coefficient (Wildman–Crippen LogP) is 6.55. The highest BCUT2D eigenvalue weighted by Gasteiger charge is 2.22. The second kappa shape index (κ2) is 8.61. The van der Waals surface area contributed by atoms with Crippen LogP contribution in [0.1, 0.15) is 11.1 Å². The molecule has 2 heterocycles. The van der Waals surface area contributed by atoms with Gasteiger partial charge in [0.15, 0.2) is 5.82 Å². The molecule has 1 saturated heterocycles. The molecule has 4 aromatic rings. The summed E-state index contributed by atoms with van der Waals surface area (Å²) in [6, 6.07) is 20.7. The molecule has 1 fully saturated rings. The molecule has 1 aliphatic heterocycles. The Kier molecular flexibility index (Phi) is 5.66. The lowest BCUT2D eigenvalue weighted by Gasteiger charge is -2.37. The number of hydrogen-bond donors (Lipinski definition) is 0. The third-order valence-corrected chi connectivity index (χ3v) is 7.03. The number of nitrogens with zero attached hydrogens (tertiary/aromatic N) is 4. The lowest BCUT2D eigenvalue weighted by atomic mass is 10.0. The van der Waals surface area contributed by atoms with Gasteiger partial charge < -0.3 is 9.80 Å². The van der Waals surface area contributed by atoms with E-state index in [1.54, 1.807) is 0 Å². The van der Waals surface area contributed by atoms with Crippen molar-refractivity contribution in [3.8, 4) is 11.3 Å². The Balaban J connectivity index is 1.44. The molecule has 0 radical (unpaired) electrons. The van der Waals surface area contributed by atoms with Crippen LogP contribution in [0.15, 0.2) is 60.7 Å². The molecular formula is C26H24Cl2N4.